The van der Waals surface area contributed by atoms with Crippen molar-refractivity contribution in [3.05, 3.63) is 30.2 Å². The van der Waals surface area contributed by atoms with Crippen LogP contribution in [0.2, 0.25) is 0 Å². The summed E-state index contributed by atoms with van der Waals surface area (Å²) in [7, 11) is 0. The number of nitrogen functional groups attached to an aromatic ring is 1. The lowest BCUT2D eigenvalue weighted by molar-refractivity contribution is 0.813. The summed E-state index contributed by atoms with van der Waals surface area (Å²) < 4.78 is 2.02. The molecule has 1 aliphatic rings. The number of fused-ring (bicyclic) bond motifs is 1. The highest BCUT2D eigenvalue weighted by Gasteiger charge is 2.20. The van der Waals surface area contributed by atoms with Crippen LogP contribution in [-0.2, 0) is 0 Å². The van der Waals surface area contributed by atoms with E-state index >= 15 is 0 Å². The fourth-order valence-electron chi connectivity index (χ4n) is 1.99. The van der Waals surface area contributed by atoms with Crippen LogP contribution in [0.1, 0.15) is 23.8 Å². The Hall–Kier alpha value is -1.16. The Kier molecular flexibility index (Phi) is 2.09. The van der Waals surface area contributed by atoms with Crippen molar-refractivity contribution in [1.29, 1.82) is 0 Å². The number of pyridine rings is 1. The van der Waals surface area contributed by atoms with Gasteiger partial charge in [-0.15, -0.1) is 0 Å². The summed E-state index contributed by atoms with van der Waals surface area (Å²) in [5.74, 6) is 1.26. The average Bonchev–Trinajstić information content (AvgIpc) is 2.84. The van der Waals surface area contributed by atoms with Crippen molar-refractivity contribution in [2.75, 3.05) is 11.5 Å². The number of hydrogen-bond acceptors (Lipinski definition) is 3. The molecule has 1 saturated heterocycles. The molecular formula is C11H13N3S. The number of aromatic nitrogens is 2. The normalized spacial score (nSPS) is 21.2. The minimum atomic E-state index is 0.589. The summed E-state index contributed by atoms with van der Waals surface area (Å²) in [5.41, 5.74) is 8.71. The van der Waals surface area contributed by atoms with Gasteiger partial charge in [0, 0.05) is 23.3 Å². The van der Waals surface area contributed by atoms with E-state index in [0.29, 0.717) is 5.25 Å². The number of anilines is 1. The molecule has 4 heteroatoms. The molecule has 0 saturated carbocycles. The molecule has 0 radical (unpaired) electrons. The fourth-order valence-corrected chi connectivity index (χ4v) is 3.23. The van der Waals surface area contributed by atoms with Gasteiger partial charge < -0.3 is 10.1 Å². The Balaban J connectivity index is 2.05. The Morgan fingerprint density at radius 3 is 3.13 bits per heavy atom. The highest BCUT2D eigenvalue weighted by Crippen LogP contribution is 2.39. The number of thioether (sulfide) groups is 1. The lowest BCUT2D eigenvalue weighted by Gasteiger charge is -2.01. The van der Waals surface area contributed by atoms with Gasteiger partial charge in [-0.2, -0.15) is 11.8 Å². The van der Waals surface area contributed by atoms with E-state index in [1.54, 1.807) is 0 Å². The zero-order chi connectivity index (χ0) is 10.3. The molecule has 1 atom stereocenters. The molecule has 0 spiro atoms. The molecule has 3 heterocycles. The Bertz CT molecular complexity index is 486. The van der Waals surface area contributed by atoms with E-state index < -0.39 is 0 Å². The van der Waals surface area contributed by atoms with Crippen LogP contribution in [-0.4, -0.2) is 15.1 Å². The van der Waals surface area contributed by atoms with E-state index in [1.807, 2.05) is 34.5 Å². The van der Waals surface area contributed by atoms with Gasteiger partial charge in [0.05, 0.1) is 5.69 Å². The van der Waals surface area contributed by atoms with Crippen molar-refractivity contribution in [2.24, 2.45) is 0 Å². The molecule has 78 valence electrons. The van der Waals surface area contributed by atoms with Crippen LogP contribution in [0.15, 0.2) is 24.5 Å². The maximum Gasteiger partial charge on any atom is 0.137 e. The summed E-state index contributed by atoms with van der Waals surface area (Å²) in [6.45, 7) is 0. The molecule has 2 aromatic rings. The van der Waals surface area contributed by atoms with Gasteiger partial charge in [0.15, 0.2) is 0 Å². The summed E-state index contributed by atoms with van der Waals surface area (Å²) >= 11 is 2.01. The largest absolute Gasteiger partial charge is 0.398 e. The topological polar surface area (TPSA) is 43.3 Å². The van der Waals surface area contributed by atoms with Crippen LogP contribution in [0.4, 0.5) is 5.69 Å². The Labute approximate surface area is 92.7 Å². The number of hydrogen-bond donors (Lipinski definition) is 1. The number of imidazole rings is 1. The lowest BCUT2D eigenvalue weighted by atomic mass is 10.2. The van der Waals surface area contributed by atoms with Crippen LogP contribution in [0.3, 0.4) is 0 Å². The van der Waals surface area contributed by atoms with Crippen molar-refractivity contribution in [3.8, 4) is 0 Å². The van der Waals surface area contributed by atoms with Gasteiger partial charge in [-0.05, 0) is 30.7 Å². The predicted molar refractivity (Wildman–Crippen MR) is 64.0 cm³/mol. The Morgan fingerprint density at radius 1 is 1.40 bits per heavy atom. The SMILES string of the molecule is Nc1ccc2nc(C3CCCS3)cn2c1. The second-order valence-corrected chi connectivity index (χ2v) is 5.21. The van der Waals surface area contributed by atoms with Gasteiger partial charge >= 0.3 is 0 Å². The van der Waals surface area contributed by atoms with Crippen molar-refractivity contribution >= 4 is 23.1 Å². The standard InChI is InChI=1S/C11H13N3S/c12-8-3-4-11-13-9(7-14(11)6-8)10-2-1-5-15-10/h3-4,6-7,10H,1-2,5,12H2. The quantitative estimate of drug-likeness (QED) is 0.801. The Morgan fingerprint density at radius 2 is 2.33 bits per heavy atom. The van der Waals surface area contributed by atoms with Crippen molar-refractivity contribution in [1.82, 2.24) is 9.38 Å². The van der Waals surface area contributed by atoms with Crippen molar-refractivity contribution in [2.45, 2.75) is 18.1 Å². The van der Waals surface area contributed by atoms with Gasteiger partial charge in [-0.1, -0.05) is 0 Å². The fraction of sp³-hybridized carbons (Fsp3) is 0.364. The molecular weight excluding hydrogens is 206 g/mol. The summed E-state index contributed by atoms with van der Waals surface area (Å²) in [4.78, 5) is 4.62. The van der Waals surface area contributed by atoms with Gasteiger partial charge in [0.2, 0.25) is 0 Å². The number of nitrogens with two attached hydrogens (primary N) is 1. The van der Waals surface area contributed by atoms with Crippen LogP contribution in [0.25, 0.3) is 5.65 Å². The van der Waals surface area contributed by atoms with Crippen LogP contribution in [0.5, 0.6) is 0 Å². The molecule has 2 aromatic heterocycles. The minimum absolute atomic E-state index is 0.589. The first-order valence-electron chi connectivity index (χ1n) is 5.19. The third-order valence-corrected chi connectivity index (χ3v) is 4.16. The molecule has 1 fully saturated rings. The molecule has 3 nitrogen and oxygen atoms in total. The third kappa shape index (κ3) is 1.59. The molecule has 15 heavy (non-hydrogen) atoms. The van der Waals surface area contributed by atoms with Crippen LogP contribution in [0, 0.1) is 0 Å². The maximum atomic E-state index is 5.73. The van der Waals surface area contributed by atoms with Crippen LogP contribution >= 0.6 is 11.8 Å². The predicted octanol–water partition coefficient (Wildman–Crippen LogP) is 2.48. The monoisotopic (exact) mass is 219 g/mol. The average molecular weight is 219 g/mol. The van der Waals surface area contributed by atoms with Crippen molar-refractivity contribution < 1.29 is 0 Å². The van der Waals surface area contributed by atoms with E-state index in [4.69, 9.17) is 5.73 Å². The van der Waals surface area contributed by atoms with Crippen LogP contribution < -0.4 is 5.73 Å². The molecule has 0 bridgehead atoms. The molecule has 3 rings (SSSR count). The first kappa shape index (κ1) is 9.09. The maximum absolute atomic E-state index is 5.73. The smallest absolute Gasteiger partial charge is 0.137 e. The molecule has 2 N–H and O–H groups in total. The van der Waals surface area contributed by atoms with E-state index in [-0.39, 0.29) is 0 Å². The third-order valence-electron chi connectivity index (χ3n) is 2.75. The molecule has 1 aliphatic heterocycles. The second-order valence-electron chi connectivity index (χ2n) is 3.90. The summed E-state index contributed by atoms with van der Waals surface area (Å²) in [5, 5.41) is 0.589. The van der Waals surface area contributed by atoms with Gasteiger partial charge in [-0.25, -0.2) is 4.98 Å². The summed E-state index contributed by atoms with van der Waals surface area (Å²) in [6.07, 6.45) is 6.59. The van der Waals surface area contributed by atoms with Gasteiger partial charge in [-0.3, -0.25) is 0 Å². The summed E-state index contributed by atoms with van der Waals surface area (Å²) in [6, 6.07) is 3.87. The van der Waals surface area contributed by atoms with Gasteiger partial charge in [0.1, 0.15) is 5.65 Å². The highest BCUT2D eigenvalue weighted by molar-refractivity contribution is 7.99. The zero-order valence-corrected chi connectivity index (χ0v) is 9.20. The van der Waals surface area contributed by atoms with E-state index in [0.717, 1.165) is 11.3 Å². The van der Waals surface area contributed by atoms with E-state index in [2.05, 4.69) is 11.2 Å². The van der Waals surface area contributed by atoms with Gasteiger partial charge in [0.25, 0.3) is 0 Å². The van der Waals surface area contributed by atoms with E-state index in [1.165, 1.54) is 24.3 Å². The van der Waals surface area contributed by atoms with E-state index in [9.17, 15) is 0 Å². The highest BCUT2D eigenvalue weighted by atomic mass is 32.2. The molecule has 0 aliphatic carbocycles. The first-order valence-corrected chi connectivity index (χ1v) is 6.23. The first-order chi connectivity index (χ1) is 7.33. The number of nitrogens with zero attached hydrogens (tertiary/aromatic N) is 2. The second kappa shape index (κ2) is 3.45. The zero-order valence-electron chi connectivity index (χ0n) is 8.39. The number of rotatable bonds is 1. The lowest BCUT2D eigenvalue weighted by Crippen LogP contribution is -1.88. The minimum Gasteiger partial charge on any atom is -0.398 e. The molecule has 0 aromatic carbocycles. The van der Waals surface area contributed by atoms with Crippen molar-refractivity contribution in [3.63, 3.8) is 0 Å². The molecule has 1 unspecified atom stereocenters. The molecule has 0 amide bonds.